The number of carbonyl (C=O) groups excluding carboxylic acids is 3. The van der Waals surface area contributed by atoms with Crippen LogP contribution in [0.2, 0.25) is 0 Å². The molecule has 1 saturated heterocycles. The van der Waals surface area contributed by atoms with Gasteiger partial charge in [-0.3, -0.25) is 14.4 Å². The maximum Gasteiger partial charge on any atom is 0.223 e. The molecule has 7 heteroatoms. The maximum atomic E-state index is 13.6. The summed E-state index contributed by atoms with van der Waals surface area (Å²) in [5.74, 6) is -2.97. The van der Waals surface area contributed by atoms with Crippen molar-refractivity contribution in [3.05, 3.63) is 35.4 Å². The topological polar surface area (TPSA) is 80.5 Å². The van der Waals surface area contributed by atoms with Crippen LogP contribution in [0.4, 0.5) is 8.78 Å². The number of carbonyl (C=O) groups is 3. The first-order valence-electron chi connectivity index (χ1n) is 7.94. The second-order valence-corrected chi connectivity index (χ2v) is 5.95. The molecule has 5 nitrogen and oxygen atoms in total. The van der Waals surface area contributed by atoms with E-state index in [0.717, 1.165) is 25.0 Å². The Bertz CT molecular complexity index is 649. The van der Waals surface area contributed by atoms with Crippen molar-refractivity contribution in [2.24, 2.45) is 5.73 Å². The number of primary amides is 1. The lowest BCUT2D eigenvalue weighted by Gasteiger charge is -2.35. The number of benzene rings is 1. The van der Waals surface area contributed by atoms with E-state index in [1.54, 1.807) is 4.90 Å². The van der Waals surface area contributed by atoms with Crippen LogP contribution >= 0.6 is 0 Å². The van der Waals surface area contributed by atoms with Crippen LogP contribution in [-0.4, -0.2) is 35.1 Å². The average Bonchev–Trinajstić information content (AvgIpc) is 2.52. The molecule has 2 rings (SSSR count). The van der Waals surface area contributed by atoms with Crippen LogP contribution in [0.15, 0.2) is 18.2 Å². The van der Waals surface area contributed by atoms with E-state index in [1.165, 1.54) is 0 Å². The van der Waals surface area contributed by atoms with Gasteiger partial charge in [0.25, 0.3) is 0 Å². The van der Waals surface area contributed by atoms with Gasteiger partial charge in [-0.25, -0.2) is 8.78 Å². The Hall–Kier alpha value is -2.31. The predicted molar refractivity (Wildman–Crippen MR) is 83.1 cm³/mol. The van der Waals surface area contributed by atoms with Crippen molar-refractivity contribution in [3.8, 4) is 0 Å². The molecule has 1 aliphatic rings. The number of hydrogen-bond acceptors (Lipinski definition) is 3. The number of ketones is 1. The highest BCUT2D eigenvalue weighted by molar-refractivity contribution is 5.98. The summed E-state index contributed by atoms with van der Waals surface area (Å²) in [6, 6.07) is 2.49. The van der Waals surface area contributed by atoms with E-state index in [1.807, 2.05) is 0 Å². The highest BCUT2D eigenvalue weighted by Crippen LogP contribution is 2.21. The number of nitrogens with zero attached hydrogens (tertiary/aromatic N) is 1. The van der Waals surface area contributed by atoms with Crippen LogP contribution in [0.5, 0.6) is 0 Å². The zero-order valence-corrected chi connectivity index (χ0v) is 13.3. The smallest absolute Gasteiger partial charge is 0.223 e. The molecular formula is C17H20F2N2O3. The number of Topliss-reactive ketones (excluding diaryl/α,β-unsaturated/α-hetero) is 1. The number of hydrogen-bond donors (Lipinski definition) is 1. The first-order valence-corrected chi connectivity index (χ1v) is 7.94. The van der Waals surface area contributed by atoms with Crippen molar-refractivity contribution in [3.63, 3.8) is 0 Å². The van der Waals surface area contributed by atoms with E-state index in [4.69, 9.17) is 5.73 Å². The van der Waals surface area contributed by atoms with Gasteiger partial charge in [0.05, 0.1) is 5.56 Å². The van der Waals surface area contributed by atoms with Gasteiger partial charge in [-0.15, -0.1) is 0 Å². The molecule has 2 N–H and O–H groups in total. The highest BCUT2D eigenvalue weighted by atomic mass is 19.1. The first-order chi connectivity index (χ1) is 11.4. The molecule has 0 aliphatic carbocycles. The molecule has 0 bridgehead atoms. The molecule has 24 heavy (non-hydrogen) atoms. The molecule has 1 fully saturated rings. The zero-order chi connectivity index (χ0) is 17.7. The number of halogens is 2. The summed E-state index contributed by atoms with van der Waals surface area (Å²) in [5.41, 5.74) is 4.98. The van der Waals surface area contributed by atoms with Gasteiger partial charge in [-0.05, 0) is 31.4 Å². The van der Waals surface area contributed by atoms with Crippen LogP contribution in [0.1, 0.15) is 48.9 Å². The molecule has 1 heterocycles. The summed E-state index contributed by atoms with van der Waals surface area (Å²) in [4.78, 5) is 37.0. The van der Waals surface area contributed by atoms with E-state index in [0.29, 0.717) is 19.0 Å². The van der Waals surface area contributed by atoms with Gasteiger partial charge in [0.1, 0.15) is 11.6 Å². The van der Waals surface area contributed by atoms with Crippen molar-refractivity contribution < 1.29 is 23.2 Å². The number of amides is 2. The Morgan fingerprint density at radius 2 is 1.92 bits per heavy atom. The molecule has 130 valence electrons. The lowest BCUT2D eigenvalue weighted by molar-refractivity contribution is -0.135. The Labute approximate surface area is 138 Å². The molecule has 1 aliphatic heterocycles. The third kappa shape index (κ3) is 4.59. The number of rotatable bonds is 6. The number of piperidine rings is 1. The third-order valence-electron chi connectivity index (χ3n) is 4.18. The summed E-state index contributed by atoms with van der Waals surface area (Å²) < 4.78 is 26.4. The van der Waals surface area contributed by atoms with Crippen LogP contribution in [0, 0.1) is 11.6 Å². The summed E-state index contributed by atoms with van der Waals surface area (Å²) in [7, 11) is 0. The van der Waals surface area contributed by atoms with Gasteiger partial charge in [0.2, 0.25) is 11.8 Å². The van der Waals surface area contributed by atoms with E-state index in [9.17, 15) is 23.2 Å². The fourth-order valence-electron chi connectivity index (χ4n) is 2.99. The molecule has 1 aromatic rings. The molecule has 1 aromatic carbocycles. The minimum atomic E-state index is -0.933. The predicted octanol–water partition coefficient (Wildman–Crippen LogP) is 2.18. The van der Waals surface area contributed by atoms with Crippen molar-refractivity contribution in [1.29, 1.82) is 0 Å². The molecule has 0 radical (unpaired) electrons. The molecule has 1 atom stereocenters. The fourth-order valence-corrected chi connectivity index (χ4v) is 2.99. The van der Waals surface area contributed by atoms with Gasteiger partial charge >= 0.3 is 0 Å². The van der Waals surface area contributed by atoms with Gasteiger partial charge in [-0.2, -0.15) is 0 Å². The lowest BCUT2D eigenvalue weighted by atomic mass is 9.98. The minimum Gasteiger partial charge on any atom is -0.370 e. The zero-order valence-electron chi connectivity index (χ0n) is 13.3. The van der Waals surface area contributed by atoms with Crippen molar-refractivity contribution in [2.75, 3.05) is 6.54 Å². The monoisotopic (exact) mass is 338 g/mol. The van der Waals surface area contributed by atoms with Crippen molar-refractivity contribution in [1.82, 2.24) is 4.90 Å². The quantitative estimate of drug-likeness (QED) is 0.807. The fraction of sp³-hybridized carbons (Fsp3) is 0.471. The van der Waals surface area contributed by atoms with Crippen molar-refractivity contribution >= 4 is 17.6 Å². The Balaban J connectivity index is 1.95. The first kappa shape index (κ1) is 18.0. The van der Waals surface area contributed by atoms with Gasteiger partial charge in [0.15, 0.2) is 5.78 Å². The second kappa shape index (κ2) is 7.99. The maximum absolute atomic E-state index is 13.6. The normalized spacial score (nSPS) is 17.6. The summed E-state index contributed by atoms with van der Waals surface area (Å²) in [6.45, 7) is 0.524. The summed E-state index contributed by atoms with van der Waals surface area (Å²) in [5, 5.41) is 0. The second-order valence-electron chi connectivity index (χ2n) is 5.95. The molecule has 0 spiro atoms. The molecule has 2 amide bonds. The molecule has 0 saturated carbocycles. The third-order valence-corrected chi connectivity index (χ3v) is 4.18. The number of likely N-dealkylation sites (tertiary alicyclic amines) is 1. The summed E-state index contributed by atoms with van der Waals surface area (Å²) >= 11 is 0. The molecular weight excluding hydrogens is 318 g/mol. The largest absolute Gasteiger partial charge is 0.370 e. The Morgan fingerprint density at radius 3 is 2.58 bits per heavy atom. The average molecular weight is 338 g/mol. The van der Waals surface area contributed by atoms with Gasteiger partial charge in [-0.1, -0.05) is 0 Å². The summed E-state index contributed by atoms with van der Waals surface area (Å²) in [6.07, 6.45) is 2.32. The number of nitrogens with two attached hydrogens (primary N) is 1. The van der Waals surface area contributed by atoms with E-state index in [-0.39, 0.29) is 36.8 Å². The standard InChI is InChI=1S/C17H20F2N2O3/c18-11-4-5-13(14(19)9-11)15(22)6-7-17(24)21-8-2-1-3-12(21)10-16(20)23/h4-5,9,12H,1-3,6-8,10H2,(H2,20,23)/t12-/m0/s1. The minimum absolute atomic E-state index is 0.0785. The van der Waals surface area contributed by atoms with Crippen LogP contribution < -0.4 is 5.73 Å². The Kier molecular flexibility index (Phi) is 6.00. The van der Waals surface area contributed by atoms with Gasteiger partial charge < -0.3 is 10.6 Å². The lowest BCUT2D eigenvalue weighted by Crippen LogP contribution is -2.45. The van der Waals surface area contributed by atoms with E-state index >= 15 is 0 Å². The van der Waals surface area contributed by atoms with Crippen LogP contribution in [0.25, 0.3) is 0 Å². The molecule has 0 unspecified atom stereocenters. The van der Waals surface area contributed by atoms with Crippen LogP contribution in [0.3, 0.4) is 0 Å². The van der Waals surface area contributed by atoms with Gasteiger partial charge in [0, 0.05) is 37.9 Å². The van der Waals surface area contributed by atoms with E-state index < -0.39 is 23.3 Å². The van der Waals surface area contributed by atoms with E-state index in [2.05, 4.69) is 0 Å². The highest BCUT2D eigenvalue weighted by Gasteiger charge is 2.28. The van der Waals surface area contributed by atoms with Crippen LogP contribution in [-0.2, 0) is 9.59 Å². The van der Waals surface area contributed by atoms with Crippen molar-refractivity contribution in [2.45, 2.75) is 44.6 Å². The molecule has 0 aromatic heterocycles. The Morgan fingerprint density at radius 1 is 1.17 bits per heavy atom. The SMILES string of the molecule is NC(=O)C[C@@H]1CCCCN1C(=O)CCC(=O)c1ccc(F)cc1F.